The molecule has 2 heterocycles. The highest BCUT2D eigenvalue weighted by molar-refractivity contribution is 7.10. The van der Waals surface area contributed by atoms with Crippen molar-refractivity contribution in [1.29, 1.82) is 0 Å². The van der Waals surface area contributed by atoms with E-state index in [2.05, 4.69) is 10.3 Å². The van der Waals surface area contributed by atoms with Crippen molar-refractivity contribution in [2.75, 3.05) is 12.4 Å². The Morgan fingerprint density at radius 2 is 2.15 bits per heavy atom. The first-order valence-corrected chi connectivity index (χ1v) is 9.59. The van der Waals surface area contributed by atoms with Gasteiger partial charge in [0.1, 0.15) is 0 Å². The molecule has 0 aliphatic carbocycles. The van der Waals surface area contributed by atoms with Crippen LogP contribution < -0.4 is 5.32 Å². The van der Waals surface area contributed by atoms with E-state index in [1.165, 1.54) is 0 Å². The Labute approximate surface area is 162 Å². The highest BCUT2D eigenvalue weighted by atomic mass is 32.1. The summed E-state index contributed by atoms with van der Waals surface area (Å²) in [5.41, 5.74) is 1.17. The third-order valence-corrected chi connectivity index (χ3v) is 5.45. The minimum Gasteiger partial charge on any atom is -0.337 e. The number of anilines is 1. The SMILES string of the molecule is CC(c1cccs1)N(C)C(=O)c1cccc(NC(=O)CCn2ccnc2)c1. The van der Waals surface area contributed by atoms with E-state index in [4.69, 9.17) is 0 Å². The Morgan fingerprint density at radius 1 is 1.30 bits per heavy atom. The Hall–Kier alpha value is -2.93. The second-order valence-corrected chi connectivity index (χ2v) is 7.27. The largest absolute Gasteiger partial charge is 0.337 e. The Bertz CT molecular complexity index is 891. The molecule has 0 radical (unpaired) electrons. The molecule has 1 atom stereocenters. The average Bonchev–Trinajstić information content (AvgIpc) is 3.38. The number of imidazole rings is 1. The number of aromatic nitrogens is 2. The minimum absolute atomic E-state index is 0.00840. The number of amides is 2. The Balaban J connectivity index is 1.62. The fraction of sp³-hybridized carbons (Fsp3) is 0.250. The fourth-order valence-electron chi connectivity index (χ4n) is 2.70. The third kappa shape index (κ3) is 4.83. The molecule has 140 valence electrons. The van der Waals surface area contributed by atoms with Crippen LogP contribution in [0.3, 0.4) is 0 Å². The third-order valence-electron chi connectivity index (χ3n) is 4.41. The molecule has 1 N–H and O–H groups in total. The summed E-state index contributed by atoms with van der Waals surface area (Å²) < 4.78 is 1.85. The first-order chi connectivity index (χ1) is 13.0. The van der Waals surface area contributed by atoms with Gasteiger partial charge in [0.05, 0.1) is 12.4 Å². The van der Waals surface area contributed by atoms with Crippen molar-refractivity contribution >= 4 is 28.8 Å². The molecule has 1 aromatic carbocycles. The van der Waals surface area contributed by atoms with E-state index >= 15 is 0 Å². The number of benzene rings is 1. The van der Waals surface area contributed by atoms with Gasteiger partial charge in [-0.1, -0.05) is 12.1 Å². The molecule has 0 spiro atoms. The van der Waals surface area contributed by atoms with Gasteiger partial charge in [0, 0.05) is 48.5 Å². The monoisotopic (exact) mass is 382 g/mol. The Kier molecular flexibility index (Phi) is 6.03. The molecule has 0 fully saturated rings. The molecule has 7 heteroatoms. The lowest BCUT2D eigenvalue weighted by atomic mass is 10.1. The summed E-state index contributed by atoms with van der Waals surface area (Å²) in [7, 11) is 1.79. The molecule has 27 heavy (non-hydrogen) atoms. The van der Waals surface area contributed by atoms with Crippen LogP contribution in [0, 0.1) is 0 Å². The molecular formula is C20H22N4O2S. The molecule has 2 aromatic heterocycles. The van der Waals surface area contributed by atoms with Gasteiger partial charge in [-0.15, -0.1) is 11.3 Å². The lowest BCUT2D eigenvalue weighted by molar-refractivity contribution is -0.116. The first kappa shape index (κ1) is 18.8. The van der Waals surface area contributed by atoms with Gasteiger partial charge in [-0.25, -0.2) is 4.98 Å². The van der Waals surface area contributed by atoms with Crippen molar-refractivity contribution in [3.05, 3.63) is 70.9 Å². The quantitative estimate of drug-likeness (QED) is 0.676. The van der Waals surface area contributed by atoms with E-state index in [0.717, 1.165) is 4.88 Å². The zero-order valence-corrected chi connectivity index (χ0v) is 16.1. The van der Waals surface area contributed by atoms with Gasteiger partial charge < -0.3 is 14.8 Å². The molecular weight excluding hydrogens is 360 g/mol. The molecule has 0 saturated carbocycles. The summed E-state index contributed by atoms with van der Waals surface area (Å²) in [6.45, 7) is 2.57. The van der Waals surface area contributed by atoms with Crippen molar-refractivity contribution in [1.82, 2.24) is 14.5 Å². The van der Waals surface area contributed by atoms with Gasteiger partial charge in [-0.05, 0) is 36.6 Å². The lowest BCUT2D eigenvalue weighted by Gasteiger charge is -2.24. The number of nitrogens with zero attached hydrogens (tertiary/aromatic N) is 3. The van der Waals surface area contributed by atoms with Gasteiger partial charge in [0.2, 0.25) is 5.91 Å². The molecule has 0 aliphatic rings. The van der Waals surface area contributed by atoms with Crippen LogP contribution in [-0.4, -0.2) is 33.3 Å². The molecule has 0 saturated heterocycles. The number of hydrogen-bond donors (Lipinski definition) is 1. The summed E-state index contributed by atoms with van der Waals surface area (Å²) in [4.78, 5) is 31.8. The van der Waals surface area contributed by atoms with Crippen LogP contribution in [0.1, 0.15) is 34.6 Å². The number of rotatable bonds is 7. The molecule has 3 aromatic rings. The van der Waals surface area contributed by atoms with Crippen LogP contribution >= 0.6 is 11.3 Å². The average molecular weight is 382 g/mol. The Morgan fingerprint density at radius 3 is 2.85 bits per heavy atom. The van der Waals surface area contributed by atoms with Gasteiger partial charge in [-0.2, -0.15) is 0 Å². The molecule has 1 unspecified atom stereocenters. The number of carbonyl (C=O) groups excluding carboxylic acids is 2. The fourth-order valence-corrected chi connectivity index (χ4v) is 3.53. The van der Waals surface area contributed by atoms with E-state index in [1.807, 2.05) is 35.2 Å². The summed E-state index contributed by atoms with van der Waals surface area (Å²) in [5.74, 6) is -0.181. The first-order valence-electron chi connectivity index (χ1n) is 8.71. The van der Waals surface area contributed by atoms with Crippen LogP contribution in [0.15, 0.2) is 60.5 Å². The topological polar surface area (TPSA) is 67.2 Å². The lowest BCUT2D eigenvalue weighted by Crippen LogP contribution is -2.29. The number of aryl methyl sites for hydroxylation is 1. The van der Waals surface area contributed by atoms with Crippen LogP contribution in [0.2, 0.25) is 0 Å². The van der Waals surface area contributed by atoms with E-state index in [1.54, 1.807) is 60.1 Å². The maximum Gasteiger partial charge on any atom is 0.254 e. The van der Waals surface area contributed by atoms with Crippen molar-refractivity contribution in [3.8, 4) is 0 Å². The smallest absolute Gasteiger partial charge is 0.254 e. The van der Waals surface area contributed by atoms with Crippen LogP contribution in [0.5, 0.6) is 0 Å². The predicted octanol–water partition coefficient (Wildman–Crippen LogP) is 3.81. The van der Waals surface area contributed by atoms with Crippen molar-refractivity contribution in [2.45, 2.75) is 25.9 Å². The normalized spacial score (nSPS) is 11.8. The second kappa shape index (κ2) is 8.64. The predicted molar refractivity (Wildman–Crippen MR) is 107 cm³/mol. The maximum atomic E-state index is 12.8. The van der Waals surface area contributed by atoms with Crippen molar-refractivity contribution < 1.29 is 9.59 Å². The highest BCUT2D eigenvalue weighted by Crippen LogP contribution is 2.25. The molecule has 6 nitrogen and oxygen atoms in total. The van der Waals surface area contributed by atoms with Gasteiger partial charge in [-0.3, -0.25) is 9.59 Å². The van der Waals surface area contributed by atoms with E-state index < -0.39 is 0 Å². The minimum atomic E-state index is -0.103. The number of hydrogen-bond acceptors (Lipinski definition) is 4. The zero-order chi connectivity index (χ0) is 19.2. The van der Waals surface area contributed by atoms with E-state index in [-0.39, 0.29) is 17.9 Å². The highest BCUT2D eigenvalue weighted by Gasteiger charge is 2.20. The molecule has 3 rings (SSSR count). The molecule has 0 bridgehead atoms. The standard InChI is InChI=1S/C20H22N4O2S/c1-15(18-7-4-12-27-18)23(2)20(26)16-5-3-6-17(13-16)22-19(25)8-10-24-11-9-21-14-24/h3-7,9,11-15H,8,10H2,1-2H3,(H,22,25). The van der Waals surface area contributed by atoms with Crippen LogP contribution in [0.25, 0.3) is 0 Å². The second-order valence-electron chi connectivity index (χ2n) is 6.29. The number of nitrogens with one attached hydrogen (secondary N) is 1. The maximum absolute atomic E-state index is 12.8. The van der Waals surface area contributed by atoms with Gasteiger partial charge in [0.15, 0.2) is 0 Å². The summed E-state index contributed by atoms with van der Waals surface area (Å²) >= 11 is 1.63. The van der Waals surface area contributed by atoms with Gasteiger partial charge in [0.25, 0.3) is 5.91 Å². The van der Waals surface area contributed by atoms with Gasteiger partial charge >= 0.3 is 0 Å². The zero-order valence-electron chi connectivity index (χ0n) is 15.3. The van der Waals surface area contributed by atoms with Crippen LogP contribution in [-0.2, 0) is 11.3 Å². The number of thiophene rings is 1. The van der Waals surface area contributed by atoms with Crippen LogP contribution in [0.4, 0.5) is 5.69 Å². The molecule has 2 amide bonds. The van der Waals surface area contributed by atoms with Crippen molar-refractivity contribution in [3.63, 3.8) is 0 Å². The number of carbonyl (C=O) groups is 2. The molecule has 0 aliphatic heterocycles. The summed E-state index contributed by atoms with van der Waals surface area (Å²) in [6.07, 6.45) is 5.51. The summed E-state index contributed by atoms with van der Waals surface area (Å²) in [6, 6.07) is 11.0. The van der Waals surface area contributed by atoms with E-state index in [9.17, 15) is 9.59 Å². The van der Waals surface area contributed by atoms with Crippen molar-refractivity contribution in [2.24, 2.45) is 0 Å². The summed E-state index contributed by atoms with van der Waals surface area (Å²) in [5, 5.41) is 4.86. The van der Waals surface area contributed by atoms with E-state index in [0.29, 0.717) is 24.2 Å².